The standard InChI is InChI=1S/C20H20N2O4/c1-3-17(23)14-8-10-15(11-9-14)25-13-20(24)22(2)12-19-21-16-6-4-5-7-18(16)26-19/h4-11H,3,12-13H2,1-2H3. The number of carbonyl (C=O) groups excluding carboxylic acids is 2. The van der Waals surface area contributed by atoms with Gasteiger partial charge in [-0.2, -0.15) is 0 Å². The number of ether oxygens (including phenoxy) is 1. The van der Waals surface area contributed by atoms with Crippen LogP contribution in [-0.4, -0.2) is 35.2 Å². The second-order valence-corrected chi connectivity index (χ2v) is 5.91. The number of oxazole rings is 1. The van der Waals surface area contributed by atoms with Gasteiger partial charge >= 0.3 is 0 Å². The lowest BCUT2D eigenvalue weighted by atomic mass is 10.1. The molecule has 0 bridgehead atoms. The van der Waals surface area contributed by atoms with E-state index in [0.717, 1.165) is 5.52 Å². The molecule has 6 heteroatoms. The fourth-order valence-electron chi connectivity index (χ4n) is 2.48. The zero-order valence-corrected chi connectivity index (χ0v) is 14.8. The maximum atomic E-state index is 12.2. The Morgan fingerprint density at radius 3 is 2.54 bits per heavy atom. The highest BCUT2D eigenvalue weighted by molar-refractivity contribution is 5.95. The Morgan fingerprint density at radius 1 is 1.12 bits per heavy atom. The molecule has 0 saturated carbocycles. The van der Waals surface area contributed by atoms with Gasteiger partial charge in [0.2, 0.25) is 5.89 Å². The van der Waals surface area contributed by atoms with Crippen LogP contribution in [0.5, 0.6) is 5.75 Å². The van der Waals surface area contributed by atoms with E-state index < -0.39 is 0 Å². The first-order chi connectivity index (χ1) is 12.6. The van der Waals surface area contributed by atoms with E-state index in [0.29, 0.717) is 29.2 Å². The van der Waals surface area contributed by atoms with Crippen molar-refractivity contribution in [2.45, 2.75) is 19.9 Å². The van der Waals surface area contributed by atoms with E-state index in [1.54, 1.807) is 31.3 Å². The number of hydrogen-bond donors (Lipinski definition) is 0. The van der Waals surface area contributed by atoms with Crippen molar-refractivity contribution in [1.82, 2.24) is 9.88 Å². The molecule has 0 radical (unpaired) electrons. The summed E-state index contributed by atoms with van der Waals surface area (Å²) in [6.07, 6.45) is 0.458. The Labute approximate surface area is 151 Å². The topological polar surface area (TPSA) is 72.6 Å². The highest BCUT2D eigenvalue weighted by atomic mass is 16.5. The third kappa shape index (κ3) is 4.08. The summed E-state index contributed by atoms with van der Waals surface area (Å²) in [5, 5.41) is 0. The Hall–Kier alpha value is -3.15. The first-order valence-corrected chi connectivity index (χ1v) is 8.41. The van der Waals surface area contributed by atoms with Crippen LogP contribution in [0.15, 0.2) is 52.9 Å². The molecule has 0 unspecified atom stereocenters. The summed E-state index contributed by atoms with van der Waals surface area (Å²) in [5.41, 5.74) is 2.10. The molecule has 0 aliphatic heterocycles. The second kappa shape index (κ2) is 7.82. The summed E-state index contributed by atoms with van der Waals surface area (Å²) >= 11 is 0. The van der Waals surface area contributed by atoms with Gasteiger partial charge in [-0.15, -0.1) is 0 Å². The minimum Gasteiger partial charge on any atom is -0.484 e. The van der Waals surface area contributed by atoms with Crippen LogP contribution in [0.4, 0.5) is 0 Å². The SMILES string of the molecule is CCC(=O)c1ccc(OCC(=O)N(C)Cc2nc3ccccc3o2)cc1. The molecule has 0 N–H and O–H groups in total. The predicted molar refractivity (Wildman–Crippen MR) is 97.0 cm³/mol. The molecule has 6 nitrogen and oxygen atoms in total. The van der Waals surface area contributed by atoms with Crippen LogP contribution < -0.4 is 4.74 Å². The number of para-hydroxylation sites is 2. The van der Waals surface area contributed by atoms with E-state index in [9.17, 15) is 9.59 Å². The van der Waals surface area contributed by atoms with Crippen LogP contribution in [0.25, 0.3) is 11.1 Å². The second-order valence-electron chi connectivity index (χ2n) is 5.91. The van der Waals surface area contributed by atoms with Crippen molar-refractivity contribution in [3.63, 3.8) is 0 Å². The van der Waals surface area contributed by atoms with Crippen LogP contribution in [0, 0.1) is 0 Å². The average molecular weight is 352 g/mol. The minimum absolute atomic E-state index is 0.0747. The van der Waals surface area contributed by atoms with Gasteiger partial charge in [0, 0.05) is 19.0 Å². The number of ketones is 1. The minimum atomic E-state index is -0.194. The maximum absolute atomic E-state index is 12.2. The number of aromatic nitrogens is 1. The van der Waals surface area contributed by atoms with Crippen molar-refractivity contribution in [3.8, 4) is 5.75 Å². The van der Waals surface area contributed by atoms with Gasteiger partial charge in [0.15, 0.2) is 18.0 Å². The highest BCUT2D eigenvalue weighted by Gasteiger charge is 2.14. The van der Waals surface area contributed by atoms with Crippen LogP contribution in [0.3, 0.4) is 0 Å². The molecule has 0 fully saturated rings. The van der Waals surface area contributed by atoms with E-state index in [2.05, 4.69) is 4.98 Å². The summed E-state index contributed by atoms with van der Waals surface area (Å²) in [4.78, 5) is 29.7. The van der Waals surface area contributed by atoms with Gasteiger partial charge in [0.1, 0.15) is 11.3 Å². The number of benzene rings is 2. The number of hydrogen-bond acceptors (Lipinski definition) is 5. The molecule has 0 saturated heterocycles. The number of fused-ring (bicyclic) bond motifs is 1. The average Bonchev–Trinajstić information content (AvgIpc) is 3.08. The third-order valence-electron chi connectivity index (χ3n) is 4.00. The van der Waals surface area contributed by atoms with E-state index in [1.807, 2.05) is 31.2 Å². The molecule has 0 spiro atoms. The van der Waals surface area contributed by atoms with Crippen molar-refractivity contribution in [3.05, 3.63) is 60.0 Å². The Morgan fingerprint density at radius 2 is 1.85 bits per heavy atom. The fourth-order valence-corrected chi connectivity index (χ4v) is 2.48. The molecule has 26 heavy (non-hydrogen) atoms. The largest absolute Gasteiger partial charge is 0.484 e. The molecule has 1 amide bonds. The molecule has 0 aliphatic carbocycles. The van der Waals surface area contributed by atoms with Gasteiger partial charge in [-0.05, 0) is 36.4 Å². The van der Waals surface area contributed by atoms with Crippen LogP contribution in [0.2, 0.25) is 0 Å². The Balaban J connectivity index is 1.54. The van der Waals surface area contributed by atoms with E-state index in [-0.39, 0.29) is 24.8 Å². The van der Waals surface area contributed by atoms with Crippen LogP contribution in [-0.2, 0) is 11.3 Å². The molecule has 134 valence electrons. The van der Waals surface area contributed by atoms with Crippen molar-refractivity contribution in [2.24, 2.45) is 0 Å². The quantitative estimate of drug-likeness (QED) is 0.609. The molecular formula is C20H20N2O4. The van der Waals surface area contributed by atoms with Gasteiger partial charge in [0.05, 0.1) is 6.54 Å². The lowest BCUT2D eigenvalue weighted by Gasteiger charge is -2.15. The summed E-state index contributed by atoms with van der Waals surface area (Å²) in [6, 6.07) is 14.2. The lowest BCUT2D eigenvalue weighted by molar-refractivity contribution is -0.132. The molecule has 2 aromatic carbocycles. The van der Waals surface area contributed by atoms with Crippen LogP contribution >= 0.6 is 0 Å². The highest BCUT2D eigenvalue weighted by Crippen LogP contribution is 2.16. The fraction of sp³-hybridized carbons (Fsp3) is 0.250. The zero-order chi connectivity index (χ0) is 18.5. The Bertz CT molecular complexity index is 882. The van der Waals surface area contributed by atoms with Gasteiger partial charge in [-0.3, -0.25) is 9.59 Å². The van der Waals surface area contributed by atoms with E-state index in [4.69, 9.17) is 9.15 Å². The van der Waals surface area contributed by atoms with Crippen molar-refractivity contribution < 1.29 is 18.7 Å². The van der Waals surface area contributed by atoms with Gasteiger partial charge in [-0.25, -0.2) is 4.98 Å². The van der Waals surface area contributed by atoms with Crippen molar-refractivity contribution in [1.29, 1.82) is 0 Å². The normalized spacial score (nSPS) is 10.7. The maximum Gasteiger partial charge on any atom is 0.260 e. The Kier molecular flexibility index (Phi) is 5.31. The number of rotatable bonds is 7. The van der Waals surface area contributed by atoms with Gasteiger partial charge in [0.25, 0.3) is 5.91 Å². The summed E-state index contributed by atoms with van der Waals surface area (Å²) in [7, 11) is 1.67. The zero-order valence-electron chi connectivity index (χ0n) is 14.8. The lowest BCUT2D eigenvalue weighted by Crippen LogP contribution is -2.31. The number of nitrogens with zero attached hydrogens (tertiary/aromatic N) is 2. The number of likely N-dealkylation sites (N-methyl/N-ethyl adjacent to an activating group) is 1. The smallest absolute Gasteiger partial charge is 0.260 e. The molecule has 3 rings (SSSR count). The molecule has 1 aromatic heterocycles. The van der Waals surface area contributed by atoms with E-state index in [1.165, 1.54) is 4.90 Å². The first-order valence-electron chi connectivity index (χ1n) is 8.41. The van der Waals surface area contributed by atoms with Crippen molar-refractivity contribution in [2.75, 3.05) is 13.7 Å². The molecule has 0 aliphatic rings. The molecular weight excluding hydrogens is 332 g/mol. The number of carbonyl (C=O) groups is 2. The summed E-state index contributed by atoms with van der Waals surface area (Å²) < 4.78 is 11.1. The molecule has 0 atom stereocenters. The molecule has 3 aromatic rings. The number of amides is 1. The van der Waals surface area contributed by atoms with Gasteiger partial charge < -0.3 is 14.1 Å². The first kappa shape index (κ1) is 17.7. The number of Topliss-reactive ketones (excluding diaryl/α,β-unsaturated/α-hetero) is 1. The summed E-state index contributed by atoms with van der Waals surface area (Å²) in [5.74, 6) is 0.900. The van der Waals surface area contributed by atoms with Crippen LogP contribution in [0.1, 0.15) is 29.6 Å². The predicted octanol–water partition coefficient (Wildman–Crippen LogP) is 3.46. The van der Waals surface area contributed by atoms with E-state index >= 15 is 0 Å². The monoisotopic (exact) mass is 352 g/mol. The van der Waals surface area contributed by atoms with Gasteiger partial charge in [-0.1, -0.05) is 19.1 Å². The third-order valence-corrected chi connectivity index (χ3v) is 4.00. The summed E-state index contributed by atoms with van der Waals surface area (Å²) in [6.45, 7) is 1.98. The van der Waals surface area contributed by atoms with Crippen molar-refractivity contribution >= 4 is 22.8 Å². The molecule has 1 heterocycles.